The van der Waals surface area contributed by atoms with Crippen molar-refractivity contribution in [3.05, 3.63) is 35.2 Å². The second kappa shape index (κ2) is 4.51. The molecule has 3 rings (SSSR count). The molecule has 0 saturated heterocycles. The smallest absolute Gasteiger partial charge is 0.252 e. The predicted octanol–water partition coefficient (Wildman–Crippen LogP) is 3.26. The van der Waals surface area contributed by atoms with Crippen LogP contribution in [0.2, 0.25) is 5.28 Å². The van der Waals surface area contributed by atoms with E-state index >= 15 is 0 Å². The Hall–Kier alpha value is -2.14. The van der Waals surface area contributed by atoms with Crippen molar-refractivity contribution >= 4 is 22.8 Å². The number of rotatable bonds is 2. The van der Waals surface area contributed by atoms with Gasteiger partial charge in [-0.2, -0.15) is 4.98 Å². The first kappa shape index (κ1) is 11.9. The van der Waals surface area contributed by atoms with Crippen LogP contribution in [0.4, 0.5) is 0 Å². The van der Waals surface area contributed by atoms with Crippen molar-refractivity contribution in [2.75, 3.05) is 7.11 Å². The number of methoxy groups -OCH3 is 1. The van der Waals surface area contributed by atoms with Gasteiger partial charge in [0.1, 0.15) is 5.75 Å². The van der Waals surface area contributed by atoms with E-state index in [0.717, 1.165) is 11.3 Å². The lowest BCUT2D eigenvalue weighted by Crippen LogP contribution is -1.87. The van der Waals surface area contributed by atoms with E-state index in [2.05, 4.69) is 15.0 Å². The van der Waals surface area contributed by atoms with Crippen LogP contribution in [0.25, 0.3) is 22.7 Å². The average Bonchev–Trinajstić information content (AvgIpc) is 2.83. The topological polar surface area (TPSA) is 61.0 Å². The van der Waals surface area contributed by atoms with Gasteiger partial charge in [0, 0.05) is 5.56 Å². The van der Waals surface area contributed by atoms with Gasteiger partial charge in [-0.25, -0.2) is 9.97 Å². The van der Waals surface area contributed by atoms with Crippen molar-refractivity contribution in [2.45, 2.75) is 6.92 Å². The SMILES string of the molecule is COc1cccc(-c2nc3c(C)nc(Cl)nc3o2)c1. The number of benzene rings is 1. The number of fused-ring (bicyclic) bond motifs is 1. The maximum atomic E-state index is 5.80. The van der Waals surface area contributed by atoms with Gasteiger partial charge >= 0.3 is 0 Å². The van der Waals surface area contributed by atoms with Crippen molar-refractivity contribution in [1.29, 1.82) is 0 Å². The molecule has 0 radical (unpaired) electrons. The minimum Gasteiger partial charge on any atom is -0.497 e. The molecule has 0 aliphatic carbocycles. The fourth-order valence-electron chi connectivity index (χ4n) is 1.80. The lowest BCUT2D eigenvalue weighted by atomic mass is 10.2. The molecule has 0 spiro atoms. The zero-order chi connectivity index (χ0) is 13.4. The molecule has 1 aromatic carbocycles. The summed E-state index contributed by atoms with van der Waals surface area (Å²) in [5.41, 5.74) is 2.50. The highest BCUT2D eigenvalue weighted by Crippen LogP contribution is 2.27. The summed E-state index contributed by atoms with van der Waals surface area (Å²) in [6.07, 6.45) is 0. The van der Waals surface area contributed by atoms with Crippen LogP contribution < -0.4 is 4.74 Å². The molecule has 0 aliphatic rings. The number of aromatic nitrogens is 3. The third-order valence-corrected chi connectivity index (χ3v) is 2.89. The van der Waals surface area contributed by atoms with Crippen molar-refractivity contribution in [3.63, 3.8) is 0 Å². The number of nitrogens with zero attached hydrogens (tertiary/aromatic N) is 3. The Morgan fingerprint density at radius 3 is 2.84 bits per heavy atom. The van der Waals surface area contributed by atoms with E-state index in [1.54, 1.807) is 7.11 Å². The van der Waals surface area contributed by atoms with Crippen LogP contribution in [0.3, 0.4) is 0 Å². The Balaban J connectivity index is 2.17. The zero-order valence-electron chi connectivity index (χ0n) is 10.3. The summed E-state index contributed by atoms with van der Waals surface area (Å²) in [5, 5.41) is 0.151. The van der Waals surface area contributed by atoms with Gasteiger partial charge in [0.2, 0.25) is 11.2 Å². The largest absolute Gasteiger partial charge is 0.497 e. The molecule has 0 atom stereocenters. The van der Waals surface area contributed by atoms with E-state index in [0.29, 0.717) is 22.8 Å². The highest BCUT2D eigenvalue weighted by Gasteiger charge is 2.13. The van der Waals surface area contributed by atoms with Crippen LogP contribution in [-0.4, -0.2) is 22.1 Å². The summed E-state index contributed by atoms with van der Waals surface area (Å²) < 4.78 is 10.8. The number of oxazole rings is 1. The molecule has 2 heterocycles. The van der Waals surface area contributed by atoms with E-state index in [1.807, 2.05) is 31.2 Å². The van der Waals surface area contributed by atoms with Crippen LogP contribution in [0.1, 0.15) is 5.69 Å². The summed E-state index contributed by atoms with van der Waals surface area (Å²) in [5.74, 6) is 1.20. The Kier molecular flexibility index (Phi) is 2.83. The van der Waals surface area contributed by atoms with E-state index in [-0.39, 0.29) is 5.28 Å². The summed E-state index contributed by atoms with van der Waals surface area (Å²) in [6.45, 7) is 1.81. The van der Waals surface area contributed by atoms with Crippen molar-refractivity contribution in [3.8, 4) is 17.2 Å². The van der Waals surface area contributed by atoms with E-state index in [1.165, 1.54) is 0 Å². The van der Waals surface area contributed by atoms with Crippen LogP contribution in [0, 0.1) is 6.92 Å². The molecule has 0 unspecified atom stereocenters. The maximum absolute atomic E-state index is 5.80. The monoisotopic (exact) mass is 275 g/mol. The molecule has 0 aliphatic heterocycles. The van der Waals surface area contributed by atoms with Gasteiger partial charge in [-0.15, -0.1) is 0 Å². The highest BCUT2D eigenvalue weighted by atomic mass is 35.5. The third kappa shape index (κ3) is 2.13. The minimum absolute atomic E-state index is 0.151. The predicted molar refractivity (Wildman–Crippen MR) is 71.3 cm³/mol. The molecule has 96 valence electrons. The Labute approximate surface area is 114 Å². The van der Waals surface area contributed by atoms with E-state index < -0.39 is 0 Å². The Bertz CT molecular complexity index is 755. The van der Waals surface area contributed by atoms with Gasteiger partial charge in [0.25, 0.3) is 5.71 Å². The quantitative estimate of drug-likeness (QED) is 0.672. The van der Waals surface area contributed by atoms with Crippen LogP contribution in [0.5, 0.6) is 5.75 Å². The van der Waals surface area contributed by atoms with Gasteiger partial charge in [0.05, 0.1) is 12.8 Å². The molecule has 6 heteroatoms. The first-order valence-electron chi connectivity index (χ1n) is 5.62. The number of halogens is 1. The average molecular weight is 276 g/mol. The summed E-state index contributed by atoms with van der Waals surface area (Å²) in [6, 6.07) is 7.45. The Morgan fingerprint density at radius 2 is 2.05 bits per heavy atom. The van der Waals surface area contributed by atoms with Crippen LogP contribution in [-0.2, 0) is 0 Å². The molecular weight excluding hydrogens is 266 g/mol. The van der Waals surface area contributed by atoms with Crippen LogP contribution in [0.15, 0.2) is 28.7 Å². The number of aryl methyl sites for hydroxylation is 1. The maximum Gasteiger partial charge on any atom is 0.252 e. The normalized spacial score (nSPS) is 10.9. The first-order valence-corrected chi connectivity index (χ1v) is 6.00. The number of hydrogen-bond acceptors (Lipinski definition) is 5. The second-order valence-electron chi connectivity index (χ2n) is 3.98. The second-order valence-corrected chi connectivity index (χ2v) is 4.32. The minimum atomic E-state index is 0.151. The van der Waals surface area contributed by atoms with Gasteiger partial charge in [-0.1, -0.05) is 6.07 Å². The highest BCUT2D eigenvalue weighted by molar-refractivity contribution is 6.28. The molecule has 2 aromatic heterocycles. The van der Waals surface area contributed by atoms with Gasteiger partial charge in [0.15, 0.2) is 5.52 Å². The summed E-state index contributed by atoms with van der Waals surface area (Å²) in [4.78, 5) is 12.5. The molecule has 0 bridgehead atoms. The molecule has 5 nitrogen and oxygen atoms in total. The van der Waals surface area contributed by atoms with E-state index in [4.69, 9.17) is 20.8 Å². The first-order chi connectivity index (χ1) is 9.17. The van der Waals surface area contributed by atoms with Crippen molar-refractivity contribution in [1.82, 2.24) is 15.0 Å². The lowest BCUT2D eigenvalue weighted by Gasteiger charge is -2.00. The van der Waals surface area contributed by atoms with Crippen molar-refractivity contribution in [2.24, 2.45) is 0 Å². The standard InChI is InChI=1S/C13H10ClN3O2/c1-7-10-12(17-13(14)15-7)19-11(16-10)8-4-3-5-9(6-8)18-2/h3-6H,1-2H3. The fourth-order valence-corrected chi connectivity index (χ4v) is 2.01. The fraction of sp³-hybridized carbons (Fsp3) is 0.154. The number of hydrogen-bond donors (Lipinski definition) is 0. The van der Waals surface area contributed by atoms with Gasteiger partial charge in [-0.05, 0) is 36.7 Å². The molecule has 0 N–H and O–H groups in total. The summed E-state index contributed by atoms with van der Waals surface area (Å²) in [7, 11) is 1.61. The number of ether oxygens (including phenoxy) is 1. The Morgan fingerprint density at radius 1 is 1.21 bits per heavy atom. The van der Waals surface area contributed by atoms with Gasteiger partial charge < -0.3 is 9.15 Å². The molecule has 19 heavy (non-hydrogen) atoms. The molecule has 3 aromatic rings. The van der Waals surface area contributed by atoms with E-state index in [9.17, 15) is 0 Å². The van der Waals surface area contributed by atoms with Gasteiger partial charge in [-0.3, -0.25) is 0 Å². The molecular formula is C13H10ClN3O2. The third-order valence-electron chi connectivity index (χ3n) is 2.72. The summed E-state index contributed by atoms with van der Waals surface area (Å²) >= 11 is 5.80. The zero-order valence-corrected chi connectivity index (χ0v) is 11.1. The van der Waals surface area contributed by atoms with Crippen LogP contribution >= 0.6 is 11.6 Å². The molecule has 0 fully saturated rings. The van der Waals surface area contributed by atoms with Crippen molar-refractivity contribution < 1.29 is 9.15 Å². The molecule has 0 amide bonds. The lowest BCUT2D eigenvalue weighted by molar-refractivity contribution is 0.415. The molecule has 0 saturated carbocycles.